The molecule has 9 heteroatoms. The molecule has 0 aliphatic rings. The molecule has 0 saturated heterocycles. The number of rotatable bonds is 0. The van der Waals surface area contributed by atoms with Crippen LogP contribution in [0.2, 0.25) is 0 Å². The van der Waals surface area contributed by atoms with Crippen molar-refractivity contribution in [3.05, 3.63) is 0 Å². The minimum atomic E-state index is -4.08. The SMILES string of the molecule is [K+].[K+].[K+].[K+].[O-2].[O]=[Ti]([O-])[O-]. The first kappa shape index (κ1) is 36.0. The summed E-state index contributed by atoms with van der Waals surface area (Å²) >= 11 is -4.08. The Hall–Kier alpha value is 6.94. The summed E-state index contributed by atoms with van der Waals surface area (Å²) in [4.78, 5) is 0. The fraction of sp³-hybridized carbons (Fsp3) is 0. The van der Waals surface area contributed by atoms with E-state index < -0.39 is 18.6 Å². The van der Waals surface area contributed by atoms with Crippen LogP contribution >= 0.6 is 0 Å². The predicted molar refractivity (Wildman–Crippen MR) is 1.37 cm³/mol. The quantitative estimate of drug-likeness (QED) is 0.408. The van der Waals surface area contributed by atoms with Gasteiger partial charge in [-0.2, -0.15) is 0 Å². The van der Waals surface area contributed by atoms with Gasteiger partial charge in [-0.05, 0) is 0 Å². The van der Waals surface area contributed by atoms with E-state index in [2.05, 4.69) is 0 Å². The predicted octanol–water partition coefficient (Wildman–Crippen LogP) is -14.6. The Morgan fingerprint density at radius 2 is 0.889 bits per heavy atom. The van der Waals surface area contributed by atoms with Gasteiger partial charge >= 0.3 is 235 Å². The molecule has 0 aliphatic carbocycles. The molecule has 0 rings (SSSR count). The van der Waals surface area contributed by atoms with Crippen molar-refractivity contribution in [1.82, 2.24) is 0 Å². The Bertz CT molecular complexity index is 35.5. The van der Waals surface area contributed by atoms with E-state index in [1.54, 1.807) is 0 Å². The van der Waals surface area contributed by atoms with Crippen LogP contribution < -0.4 is 213 Å². The molecule has 0 bridgehead atoms. The monoisotopic (exact) mass is 268 g/mol. The first-order chi connectivity index (χ1) is 1.73. The van der Waals surface area contributed by atoms with Crippen molar-refractivity contribution in [3.63, 3.8) is 0 Å². The summed E-state index contributed by atoms with van der Waals surface area (Å²) < 4.78 is 25.8. The molecule has 9 heavy (non-hydrogen) atoms. The van der Waals surface area contributed by atoms with Gasteiger partial charge in [-0.25, -0.2) is 0 Å². The van der Waals surface area contributed by atoms with Crippen LogP contribution in [0.3, 0.4) is 0 Å². The molecule has 0 saturated carbocycles. The molecule has 32 valence electrons. The van der Waals surface area contributed by atoms with Crippen LogP contribution in [-0.2, 0) is 27.4 Å². The number of hydrogen-bond acceptors (Lipinski definition) is 3. The van der Waals surface area contributed by atoms with Gasteiger partial charge in [0, 0.05) is 0 Å². The summed E-state index contributed by atoms with van der Waals surface area (Å²) in [7, 11) is 0. The van der Waals surface area contributed by atoms with Crippen molar-refractivity contribution in [2.24, 2.45) is 0 Å². The first-order valence-electron chi connectivity index (χ1n) is 0.612. The van der Waals surface area contributed by atoms with Crippen LogP contribution in [0.25, 0.3) is 0 Å². The van der Waals surface area contributed by atoms with Crippen LogP contribution in [0.5, 0.6) is 0 Å². The van der Waals surface area contributed by atoms with Gasteiger partial charge in [-0.15, -0.1) is 0 Å². The molecule has 0 radical (unpaired) electrons. The molecule has 0 fully saturated rings. The maximum atomic E-state index is 8.58. The van der Waals surface area contributed by atoms with Gasteiger partial charge in [0.1, 0.15) is 0 Å². The third kappa shape index (κ3) is 51.9. The Labute approximate surface area is 231 Å². The third-order valence-electron chi connectivity index (χ3n) is 0. The van der Waals surface area contributed by atoms with Crippen LogP contribution in [0.15, 0.2) is 0 Å². The molecule has 0 aromatic rings. The van der Waals surface area contributed by atoms with E-state index in [-0.39, 0.29) is 211 Å². The molecule has 0 aliphatic heterocycles. The molecule has 0 amide bonds. The first-order valence-corrected chi connectivity index (χ1v) is 2.52. The zero-order valence-electron chi connectivity index (χ0n) is 6.13. The second-order valence-electron chi connectivity index (χ2n) is 0.250. The van der Waals surface area contributed by atoms with Gasteiger partial charge in [0.2, 0.25) is 0 Å². The topological polar surface area (TPSA) is 91.7 Å². The van der Waals surface area contributed by atoms with Gasteiger partial charge in [-0.1, -0.05) is 0 Å². The van der Waals surface area contributed by atoms with Gasteiger partial charge < -0.3 is 5.48 Å². The van der Waals surface area contributed by atoms with E-state index in [0.717, 1.165) is 0 Å². The van der Waals surface area contributed by atoms with Crippen molar-refractivity contribution in [3.8, 4) is 0 Å². The summed E-state index contributed by atoms with van der Waals surface area (Å²) in [6.07, 6.45) is 0. The summed E-state index contributed by atoms with van der Waals surface area (Å²) in [5.74, 6) is 0. The Morgan fingerprint density at radius 1 is 0.889 bits per heavy atom. The number of hydrogen-bond donors (Lipinski definition) is 0. The summed E-state index contributed by atoms with van der Waals surface area (Å²) in [5.41, 5.74) is 0. The van der Waals surface area contributed by atoms with Gasteiger partial charge in [0.15, 0.2) is 0 Å². The second kappa shape index (κ2) is 29.4. The summed E-state index contributed by atoms with van der Waals surface area (Å²) in [6.45, 7) is 0. The van der Waals surface area contributed by atoms with E-state index >= 15 is 0 Å². The third-order valence-corrected chi connectivity index (χ3v) is 0. The van der Waals surface area contributed by atoms with E-state index in [1.807, 2.05) is 0 Å². The fourth-order valence-electron chi connectivity index (χ4n) is 0. The molecule has 0 heterocycles. The molecular weight excluding hydrogens is 268 g/mol. The van der Waals surface area contributed by atoms with Crippen LogP contribution in [0, 0.1) is 0 Å². The summed E-state index contributed by atoms with van der Waals surface area (Å²) in [6, 6.07) is 0. The Morgan fingerprint density at radius 3 is 0.889 bits per heavy atom. The van der Waals surface area contributed by atoms with Gasteiger partial charge in [-0.3, -0.25) is 0 Å². The molecule has 0 aromatic carbocycles. The summed E-state index contributed by atoms with van der Waals surface area (Å²) in [5, 5.41) is 0. The van der Waals surface area contributed by atoms with Crippen molar-refractivity contribution < 1.29 is 240 Å². The molecule has 0 aromatic heterocycles. The second-order valence-corrected chi connectivity index (χ2v) is 1.03. The molecular formula is K4O4Ti. The van der Waals surface area contributed by atoms with E-state index in [4.69, 9.17) is 10.7 Å². The van der Waals surface area contributed by atoms with E-state index in [1.165, 1.54) is 0 Å². The Balaban J connectivity index is -0.00000000450. The minimum absolute atomic E-state index is 0. The van der Waals surface area contributed by atoms with E-state index in [0.29, 0.717) is 0 Å². The molecule has 0 unspecified atom stereocenters. The van der Waals surface area contributed by atoms with Gasteiger partial charge in [0.05, 0.1) is 0 Å². The van der Waals surface area contributed by atoms with Crippen LogP contribution in [0.1, 0.15) is 0 Å². The average Bonchev–Trinajstić information content (AvgIpc) is 0.811. The van der Waals surface area contributed by atoms with Gasteiger partial charge in [0.25, 0.3) is 0 Å². The van der Waals surface area contributed by atoms with Crippen LogP contribution in [-0.4, -0.2) is 0 Å². The van der Waals surface area contributed by atoms with Crippen molar-refractivity contribution in [2.75, 3.05) is 0 Å². The fourth-order valence-corrected chi connectivity index (χ4v) is 0. The average molecular weight is 268 g/mol. The van der Waals surface area contributed by atoms with Crippen molar-refractivity contribution in [2.45, 2.75) is 0 Å². The molecule has 4 nitrogen and oxygen atoms in total. The standard InChI is InChI=1S/4K.4O.Ti/q4*+1;;-2;2*-1;. The zero-order chi connectivity index (χ0) is 3.58. The van der Waals surface area contributed by atoms with Crippen LogP contribution in [0.4, 0.5) is 0 Å². The molecule has 0 atom stereocenters. The van der Waals surface area contributed by atoms with E-state index in [9.17, 15) is 0 Å². The maximum absolute atomic E-state index is 8.58. The Kier molecular flexibility index (Phi) is 118. The molecule has 0 spiro atoms. The van der Waals surface area contributed by atoms with Crippen molar-refractivity contribution >= 4 is 0 Å². The van der Waals surface area contributed by atoms with Crippen molar-refractivity contribution in [1.29, 1.82) is 0 Å². The zero-order valence-corrected chi connectivity index (χ0v) is 20.2. The molecule has 0 N–H and O–H groups in total. The normalized spacial score (nSPS) is 2.89.